The lowest BCUT2D eigenvalue weighted by Gasteiger charge is -1.98. The molecule has 0 N–H and O–H groups in total. The molecule has 0 nitrogen and oxygen atoms in total. The summed E-state index contributed by atoms with van der Waals surface area (Å²) in [5, 5.41) is 0.499. The van der Waals surface area contributed by atoms with Crippen molar-refractivity contribution in [2.45, 2.75) is 27.2 Å². The number of rotatable bonds is 2. The summed E-state index contributed by atoms with van der Waals surface area (Å²) in [7, 11) is 0. The summed E-state index contributed by atoms with van der Waals surface area (Å²) in [4.78, 5) is 0. The summed E-state index contributed by atoms with van der Waals surface area (Å²) in [6, 6.07) is 0. The summed E-state index contributed by atoms with van der Waals surface area (Å²) >= 11 is 5.65. The molecule has 0 saturated carbocycles. The molecule has 0 aromatic rings. The number of hydrogen-bond acceptors (Lipinski definition) is 0. The molecule has 10 heavy (non-hydrogen) atoms. The molecular formula is C8H12ClF. The Morgan fingerprint density at radius 3 is 2.40 bits per heavy atom. The highest BCUT2D eigenvalue weighted by atomic mass is 35.5. The first kappa shape index (κ1) is 9.70. The number of halogens is 2. The molecule has 58 valence electrons. The monoisotopic (exact) mass is 162 g/mol. The summed E-state index contributed by atoms with van der Waals surface area (Å²) in [6.45, 7) is 5.23. The second-order valence-electron chi connectivity index (χ2n) is 2.02. The van der Waals surface area contributed by atoms with Crippen LogP contribution in [0.15, 0.2) is 22.5 Å². The smallest absolute Gasteiger partial charge is 0.104 e. The van der Waals surface area contributed by atoms with Gasteiger partial charge in [0.05, 0.1) is 0 Å². The van der Waals surface area contributed by atoms with Crippen LogP contribution in [0.2, 0.25) is 0 Å². The highest BCUT2D eigenvalue weighted by Gasteiger charge is 2.00. The van der Waals surface area contributed by atoms with Gasteiger partial charge in [-0.15, -0.1) is 0 Å². The van der Waals surface area contributed by atoms with Crippen molar-refractivity contribution in [1.29, 1.82) is 0 Å². The quantitative estimate of drug-likeness (QED) is 0.542. The van der Waals surface area contributed by atoms with Crippen molar-refractivity contribution in [3.05, 3.63) is 22.5 Å². The van der Waals surface area contributed by atoms with Gasteiger partial charge in [0.15, 0.2) is 0 Å². The predicted molar refractivity (Wildman–Crippen MR) is 43.7 cm³/mol. The third-order valence-corrected chi connectivity index (χ3v) is 1.83. The van der Waals surface area contributed by atoms with E-state index in [9.17, 15) is 4.39 Å². The summed E-state index contributed by atoms with van der Waals surface area (Å²) in [6.07, 6.45) is 2.10. The molecular weight excluding hydrogens is 151 g/mol. The third kappa shape index (κ3) is 2.53. The minimum absolute atomic E-state index is 0.136. The molecule has 0 unspecified atom stereocenters. The average Bonchev–Trinajstić information content (AvgIpc) is 2.00. The Balaban J connectivity index is 4.46. The second-order valence-corrected chi connectivity index (χ2v) is 2.43. The molecule has 0 aromatic heterocycles. The van der Waals surface area contributed by atoms with Gasteiger partial charge in [-0.05, 0) is 25.8 Å². The van der Waals surface area contributed by atoms with E-state index in [2.05, 4.69) is 0 Å². The maximum Gasteiger partial charge on any atom is 0.104 e. The van der Waals surface area contributed by atoms with Gasteiger partial charge in [0, 0.05) is 5.03 Å². The van der Waals surface area contributed by atoms with Gasteiger partial charge in [0.2, 0.25) is 0 Å². The maximum absolute atomic E-state index is 12.7. The van der Waals surface area contributed by atoms with E-state index in [1.54, 1.807) is 26.8 Å². The Hall–Kier alpha value is -0.300. The Labute approximate surface area is 66.4 Å². The van der Waals surface area contributed by atoms with E-state index < -0.39 is 0 Å². The van der Waals surface area contributed by atoms with E-state index in [1.807, 2.05) is 0 Å². The molecule has 0 fully saturated rings. The van der Waals surface area contributed by atoms with Crippen molar-refractivity contribution in [2.24, 2.45) is 0 Å². The Kier molecular flexibility index (Phi) is 4.37. The molecule has 0 bridgehead atoms. The Bertz CT molecular complexity index is 168. The van der Waals surface area contributed by atoms with Crippen LogP contribution >= 0.6 is 11.6 Å². The zero-order chi connectivity index (χ0) is 8.15. The highest BCUT2D eigenvalue weighted by Crippen LogP contribution is 2.20. The van der Waals surface area contributed by atoms with Crippen molar-refractivity contribution in [3.8, 4) is 0 Å². The van der Waals surface area contributed by atoms with Crippen molar-refractivity contribution in [1.82, 2.24) is 0 Å². The van der Waals surface area contributed by atoms with Crippen LogP contribution in [0.3, 0.4) is 0 Å². The third-order valence-electron chi connectivity index (χ3n) is 1.33. The predicted octanol–water partition coefficient (Wildman–Crippen LogP) is 3.78. The normalized spacial score (nSPS) is 15.1. The maximum atomic E-state index is 12.7. The van der Waals surface area contributed by atoms with Gasteiger partial charge in [0.1, 0.15) is 5.83 Å². The van der Waals surface area contributed by atoms with Gasteiger partial charge in [-0.2, -0.15) is 0 Å². The van der Waals surface area contributed by atoms with Crippen molar-refractivity contribution in [2.75, 3.05) is 0 Å². The van der Waals surface area contributed by atoms with Crippen LogP contribution in [0.1, 0.15) is 27.2 Å². The van der Waals surface area contributed by atoms with Crippen molar-refractivity contribution >= 4 is 11.6 Å². The fourth-order valence-electron chi connectivity index (χ4n) is 0.611. The minimum atomic E-state index is -0.136. The van der Waals surface area contributed by atoms with E-state index >= 15 is 0 Å². The van der Waals surface area contributed by atoms with Crippen LogP contribution < -0.4 is 0 Å². The molecule has 0 atom stereocenters. The zero-order valence-electron chi connectivity index (χ0n) is 6.54. The van der Waals surface area contributed by atoms with Gasteiger partial charge in [-0.25, -0.2) is 4.39 Å². The van der Waals surface area contributed by atoms with E-state index in [0.717, 1.165) is 0 Å². The van der Waals surface area contributed by atoms with Crippen molar-refractivity contribution < 1.29 is 4.39 Å². The molecule has 0 aromatic carbocycles. The number of hydrogen-bond donors (Lipinski definition) is 0. The zero-order valence-corrected chi connectivity index (χ0v) is 7.30. The lowest BCUT2D eigenvalue weighted by molar-refractivity contribution is 0.595. The molecule has 0 heterocycles. The van der Waals surface area contributed by atoms with E-state index in [1.165, 1.54) is 0 Å². The molecule has 0 rings (SSSR count). The van der Waals surface area contributed by atoms with Crippen LogP contribution in [0.25, 0.3) is 0 Å². The van der Waals surface area contributed by atoms with Crippen LogP contribution in [0.4, 0.5) is 4.39 Å². The fourth-order valence-corrected chi connectivity index (χ4v) is 0.714. The SMILES string of the molecule is C/C=C(Cl)\C(C)=C(\F)CC. The molecule has 0 aliphatic heterocycles. The van der Waals surface area contributed by atoms with Crippen LogP contribution in [-0.2, 0) is 0 Å². The highest BCUT2D eigenvalue weighted by molar-refractivity contribution is 6.31. The summed E-state index contributed by atoms with van der Waals surface area (Å²) in [5.41, 5.74) is 0.548. The molecule has 0 radical (unpaired) electrons. The first-order chi connectivity index (χ1) is 4.63. The minimum Gasteiger partial charge on any atom is -0.211 e. The van der Waals surface area contributed by atoms with Crippen LogP contribution in [-0.4, -0.2) is 0 Å². The lowest BCUT2D eigenvalue weighted by atomic mass is 10.2. The van der Waals surface area contributed by atoms with Gasteiger partial charge in [-0.3, -0.25) is 0 Å². The van der Waals surface area contributed by atoms with Gasteiger partial charge >= 0.3 is 0 Å². The first-order valence-corrected chi connectivity index (χ1v) is 3.68. The molecule has 0 aliphatic rings. The summed E-state index contributed by atoms with van der Waals surface area (Å²) < 4.78 is 12.7. The molecule has 0 saturated heterocycles. The second kappa shape index (κ2) is 4.51. The average molecular weight is 163 g/mol. The molecule has 0 aliphatic carbocycles. The first-order valence-electron chi connectivity index (χ1n) is 3.30. The standard InChI is InChI=1S/C8H12ClF/c1-4-7(9)6(3)8(10)5-2/h4H,5H2,1-3H3/b7-4+,8-6+. The molecule has 2 heteroatoms. The van der Waals surface area contributed by atoms with Crippen molar-refractivity contribution in [3.63, 3.8) is 0 Å². The van der Waals surface area contributed by atoms with Gasteiger partial charge in [0.25, 0.3) is 0 Å². The van der Waals surface area contributed by atoms with Crippen LogP contribution in [0, 0.1) is 0 Å². The molecule has 0 amide bonds. The van der Waals surface area contributed by atoms with Gasteiger partial charge in [-0.1, -0.05) is 24.6 Å². The van der Waals surface area contributed by atoms with Gasteiger partial charge < -0.3 is 0 Å². The summed E-state index contributed by atoms with van der Waals surface area (Å²) in [5.74, 6) is -0.136. The van der Waals surface area contributed by atoms with E-state index in [4.69, 9.17) is 11.6 Å². The van der Waals surface area contributed by atoms with Crippen LogP contribution in [0.5, 0.6) is 0 Å². The Morgan fingerprint density at radius 1 is 1.60 bits per heavy atom. The lowest BCUT2D eigenvalue weighted by Crippen LogP contribution is -1.80. The van der Waals surface area contributed by atoms with E-state index in [0.29, 0.717) is 17.0 Å². The largest absolute Gasteiger partial charge is 0.211 e. The fraction of sp³-hybridized carbons (Fsp3) is 0.500. The number of allylic oxidation sites excluding steroid dienone is 4. The molecule has 0 spiro atoms. The topological polar surface area (TPSA) is 0 Å². The van der Waals surface area contributed by atoms with E-state index in [-0.39, 0.29) is 5.83 Å². The Morgan fingerprint density at radius 2 is 2.10 bits per heavy atom.